The van der Waals surface area contributed by atoms with E-state index in [9.17, 15) is 25.5 Å². The molecule has 0 unspecified atom stereocenters. The van der Waals surface area contributed by atoms with Crippen molar-refractivity contribution in [1.82, 2.24) is 0 Å². The predicted octanol–water partition coefficient (Wildman–Crippen LogP) is 2.13. The maximum Gasteiger partial charge on any atom is 0.132 e. The summed E-state index contributed by atoms with van der Waals surface area (Å²) in [6.45, 7) is -0.469. The largest absolute Gasteiger partial charge is 0.485 e. The Labute approximate surface area is 198 Å². The highest BCUT2D eigenvalue weighted by Gasteiger charge is 2.44. The standard InChI is InChI=1S/C25H31ClO7/c26-19-8-5-16(24-23(31)22(30)21(29)20(13-27)32-24)12-17(19)11-15-3-6-18(7-4-15)33-25(14-28)9-1-2-10-25/h3-8,12,20-24,27-31H,1-2,9-11,13-14H2/t20-,21-,22+,23-,24+/m1/s1. The molecular weight excluding hydrogens is 448 g/mol. The van der Waals surface area contributed by atoms with Crippen molar-refractivity contribution in [2.75, 3.05) is 13.2 Å². The molecule has 5 N–H and O–H groups in total. The first kappa shape index (κ1) is 24.4. The molecule has 0 amide bonds. The molecule has 8 heteroatoms. The van der Waals surface area contributed by atoms with Gasteiger partial charge in [-0.2, -0.15) is 0 Å². The molecular formula is C25H31ClO7. The van der Waals surface area contributed by atoms with Crippen LogP contribution in [0.25, 0.3) is 0 Å². The lowest BCUT2D eigenvalue weighted by molar-refractivity contribution is -0.231. The fourth-order valence-corrected chi connectivity index (χ4v) is 4.93. The molecule has 33 heavy (non-hydrogen) atoms. The first-order chi connectivity index (χ1) is 15.9. The molecule has 0 spiro atoms. The number of ether oxygens (including phenoxy) is 2. The van der Waals surface area contributed by atoms with Gasteiger partial charge in [0.1, 0.15) is 41.9 Å². The summed E-state index contributed by atoms with van der Waals surface area (Å²) in [7, 11) is 0. The molecule has 7 nitrogen and oxygen atoms in total. The zero-order valence-electron chi connectivity index (χ0n) is 18.3. The molecule has 2 aromatic carbocycles. The second-order valence-corrected chi connectivity index (χ2v) is 9.48. The number of hydrogen-bond donors (Lipinski definition) is 5. The highest BCUT2D eigenvalue weighted by Crippen LogP contribution is 2.36. The van der Waals surface area contributed by atoms with Gasteiger partial charge in [0, 0.05) is 5.02 Å². The van der Waals surface area contributed by atoms with Crippen LogP contribution in [0.5, 0.6) is 5.75 Å². The number of hydrogen-bond acceptors (Lipinski definition) is 7. The Hall–Kier alpha value is -1.71. The van der Waals surface area contributed by atoms with Crippen LogP contribution < -0.4 is 4.74 Å². The van der Waals surface area contributed by atoms with Crippen molar-refractivity contribution in [3.8, 4) is 5.75 Å². The van der Waals surface area contributed by atoms with E-state index in [2.05, 4.69) is 0 Å². The molecule has 2 aromatic rings. The third-order valence-corrected chi connectivity index (χ3v) is 7.11. The molecule has 1 heterocycles. The molecule has 4 rings (SSSR count). The van der Waals surface area contributed by atoms with Crippen LogP contribution in [0.3, 0.4) is 0 Å². The summed E-state index contributed by atoms with van der Waals surface area (Å²) < 4.78 is 11.8. The van der Waals surface area contributed by atoms with Crippen molar-refractivity contribution in [2.24, 2.45) is 0 Å². The summed E-state index contributed by atoms with van der Waals surface area (Å²) in [6.07, 6.45) is -1.72. The molecule has 1 saturated heterocycles. The number of halogens is 1. The average Bonchev–Trinajstić information content (AvgIpc) is 3.29. The van der Waals surface area contributed by atoms with E-state index in [-0.39, 0.29) is 6.61 Å². The lowest BCUT2D eigenvalue weighted by atomic mass is 9.90. The fraction of sp³-hybridized carbons (Fsp3) is 0.520. The zero-order valence-corrected chi connectivity index (χ0v) is 19.1. The van der Waals surface area contributed by atoms with Crippen molar-refractivity contribution in [3.63, 3.8) is 0 Å². The number of benzene rings is 2. The van der Waals surface area contributed by atoms with Crippen LogP contribution >= 0.6 is 11.6 Å². The minimum Gasteiger partial charge on any atom is -0.485 e. The Morgan fingerprint density at radius 3 is 2.27 bits per heavy atom. The maximum atomic E-state index is 10.4. The van der Waals surface area contributed by atoms with Gasteiger partial charge in [0.05, 0.1) is 13.2 Å². The molecule has 180 valence electrons. The van der Waals surface area contributed by atoms with Crippen molar-refractivity contribution in [1.29, 1.82) is 0 Å². The minimum absolute atomic E-state index is 0.00903. The summed E-state index contributed by atoms with van der Waals surface area (Å²) in [4.78, 5) is 0. The summed E-state index contributed by atoms with van der Waals surface area (Å²) in [6, 6.07) is 12.9. The van der Waals surface area contributed by atoms with E-state index in [1.54, 1.807) is 18.2 Å². The van der Waals surface area contributed by atoms with E-state index in [1.807, 2.05) is 24.3 Å². The van der Waals surface area contributed by atoms with E-state index >= 15 is 0 Å². The third-order valence-electron chi connectivity index (χ3n) is 6.75. The van der Waals surface area contributed by atoms with Crippen LogP contribution in [0.15, 0.2) is 42.5 Å². The van der Waals surface area contributed by atoms with Gasteiger partial charge in [0.25, 0.3) is 0 Å². The van der Waals surface area contributed by atoms with Crippen LogP contribution in [0, 0.1) is 0 Å². The van der Waals surface area contributed by atoms with Gasteiger partial charge >= 0.3 is 0 Å². The van der Waals surface area contributed by atoms with E-state index in [4.69, 9.17) is 21.1 Å². The Morgan fingerprint density at radius 1 is 0.939 bits per heavy atom. The quantitative estimate of drug-likeness (QED) is 0.413. The van der Waals surface area contributed by atoms with Crippen LogP contribution in [0.1, 0.15) is 48.5 Å². The van der Waals surface area contributed by atoms with Crippen molar-refractivity contribution < 1.29 is 35.0 Å². The summed E-state index contributed by atoms with van der Waals surface area (Å²) in [5.74, 6) is 0.718. The summed E-state index contributed by atoms with van der Waals surface area (Å²) >= 11 is 6.43. The van der Waals surface area contributed by atoms with Gasteiger partial charge in [-0.25, -0.2) is 0 Å². The molecule has 1 saturated carbocycles. The van der Waals surface area contributed by atoms with Crippen LogP contribution in [0.2, 0.25) is 5.02 Å². The van der Waals surface area contributed by atoms with Gasteiger partial charge in [0.2, 0.25) is 0 Å². The SMILES string of the molecule is OC[C@H]1O[C@@H](c2ccc(Cl)c(Cc3ccc(OC4(CO)CCCC4)cc3)c2)[C@H](O)[C@@H](O)[C@@H]1O. The van der Waals surface area contributed by atoms with E-state index in [0.717, 1.165) is 42.6 Å². The van der Waals surface area contributed by atoms with Crippen LogP contribution in [-0.4, -0.2) is 68.8 Å². The molecule has 0 radical (unpaired) electrons. The number of rotatable bonds is 7. The van der Waals surface area contributed by atoms with Crippen molar-refractivity contribution in [3.05, 3.63) is 64.2 Å². The minimum atomic E-state index is -1.44. The third kappa shape index (κ3) is 5.20. The molecule has 5 atom stereocenters. The Bertz CT molecular complexity index is 927. The first-order valence-electron chi connectivity index (χ1n) is 11.3. The van der Waals surface area contributed by atoms with Crippen molar-refractivity contribution in [2.45, 2.75) is 68.2 Å². The topological polar surface area (TPSA) is 120 Å². The molecule has 1 aliphatic heterocycles. The molecule has 2 aliphatic rings. The molecule has 0 bridgehead atoms. The lowest BCUT2D eigenvalue weighted by Gasteiger charge is -2.40. The Kier molecular flexibility index (Phi) is 7.60. The first-order valence-corrected chi connectivity index (χ1v) is 11.7. The van der Waals surface area contributed by atoms with Crippen molar-refractivity contribution >= 4 is 11.6 Å². The molecule has 1 aliphatic carbocycles. The van der Waals surface area contributed by atoms with Gasteiger partial charge < -0.3 is 35.0 Å². The number of aliphatic hydroxyl groups is 5. The van der Waals surface area contributed by atoms with E-state index in [0.29, 0.717) is 17.0 Å². The Morgan fingerprint density at radius 2 is 1.64 bits per heavy atom. The smallest absolute Gasteiger partial charge is 0.132 e. The zero-order chi connectivity index (χ0) is 23.6. The van der Waals surface area contributed by atoms with Gasteiger partial charge in [0.15, 0.2) is 0 Å². The fourth-order valence-electron chi connectivity index (χ4n) is 4.74. The van der Waals surface area contributed by atoms with Gasteiger partial charge in [-0.15, -0.1) is 0 Å². The van der Waals surface area contributed by atoms with E-state index < -0.39 is 42.7 Å². The second-order valence-electron chi connectivity index (χ2n) is 9.07. The molecule has 2 fully saturated rings. The van der Waals surface area contributed by atoms with Gasteiger partial charge in [-0.05, 0) is 67.0 Å². The average molecular weight is 479 g/mol. The van der Waals surface area contributed by atoms with Crippen LogP contribution in [-0.2, 0) is 11.2 Å². The summed E-state index contributed by atoms with van der Waals surface area (Å²) in [5, 5.41) is 50.3. The highest BCUT2D eigenvalue weighted by molar-refractivity contribution is 6.31. The highest BCUT2D eigenvalue weighted by atomic mass is 35.5. The second kappa shape index (κ2) is 10.3. The monoisotopic (exact) mass is 478 g/mol. The van der Waals surface area contributed by atoms with Gasteiger partial charge in [-0.3, -0.25) is 0 Å². The Balaban J connectivity index is 1.49. The normalized spacial score (nSPS) is 29.2. The maximum absolute atomic E-state index is 10.4. The van der Waals surface area contributed by atoms with Gasteiger partial charge in [-0.1, -0.05) is 35.9 Å². The van der Waals surface area contributed by atoms with Crippen LogP contribution in [0.4, 0.5) is 0 Å². The molecule has 0 aromatic heterocycles. The lowest BCUT2D eigenvalue weighted by Crippen LogP contribution is -2.55. The van der Waals surface area contributed by atoms with E-state index in [1.165, 1.54) is 0 Å². The number of aliphatic hydroxyl groups excluding tert-OH is 5. The predicted molar refractivity (Wildman–Crippen MR) is 122 cm³/mol. The summed E-state index contributed by atoms with van der Waals surface area (Å²) in [5.41, 5.74) is 1.92.